The van der Waals surface area contributed by atoms with Gasteiger partial charge in [-0.25, -0.2) is 22.4 Å². The molecule has 0 spiro atoms. The van der Waals surface area contributed by atoms with Crippen LogP contribution in [0, 0.1) is 29.1 Å². The summed E-state index contributed by atoms with van der Waals surface area (Å²) in [6.45, 7) is 3.61. The molecule has 0 radical (unpaired) electrons. The van der Waals surface area contributed by atoms with Crippen LogP contribution in [0.4, 0.5) is 22.0 Å². The van der Waals surface area contributed by atoms with E-state index in [0.29, 0.717) is 24.8 Å². The number of carbonyl (C=O) groups is 1. The molecule has 2 atom stereocenters. The number of hydrogen-bond acceptors (Lipinski definition) is 4. The minimum absolute atomic E-state index is 0.104. The van der Waals surface area contributed by atoms with Crippen LogP contribution in [-0.4, -0.2) is 23.8 Å². The van der Waals surface area contributed by atoms with E-state index in [4.69, 9.17) is 9.47 Å². The highest BCUT2D eigenvalue weighted by atomic mass is 19.2. The van der Waals surface area contributed by atoms with Crippen molar-refractivity contribution < 1.29 is 41.3 Å². The largest absolute Gasteiger partial charge is 0.491 e. The number of ether oxygens (including phenoxy) is 2. The molecule has 9 heteroatoms. The maximum atomic E-state index is 15.0. The molecule has 0 saturated heterocycles. The average Bonchev–Trinajstić information content (AvgIpc) is 2.93. The predicted molar refractivity (Wildman–Crippen MR) is 140 cm³/mol. The molecule has 0 aromatic heterocycles. The topological polar surface area (TPSA) is 55.8 Å². The first-order chi connectivity index (χ1) is 19.2. The zero-order valence-electron chi connectivity index (χ0n) is 22.1. The highest BCUT2D eigenvalue weighted by Gasteiger charge is 2.26. The summed E-state index contributed by atoms with van der Waals surface area (Å²) in [5.41, 5.74) is 0.179. The number of hydrogen-bond donors (Lipinski definition) is 1. The van der Waals surface area contributed by atoms with E-state index >= 15 is 4.39 Å². The van der Waals surface area contributed by atoms with Crippen molar-refractivity contribution in [1.82, 2.24) is 0 Å². The molecule has 0 heterocycles. The molecule has 0 saturated carbocycles. The van der Waals surface area contributed by atoms with Gasteiger partial charge in [-0.3, -0.25) is 0 Å². The van der Waals surface area contributed by atoms with E-state index in [1.165, 1.54) is 30.3 Å². The molecular formula is C31H29F5O4. The Morgan fingerprint density at radius 2 is 1.70 bits per heavy atom. The lowest BCUT2D eigenvalue weighted by Gasteiger charge is -2.23. The summed E-state index contributed by atoms with van der Waals surface area (Å²) < 4.78 is 83.3. The zero-order valence-corrected chi connectivity index (χ0v) is 22.1. The van der Waals surface area contributed by atoms with Crippen LogP contribution in [0.5, 0.6) is 5.75 Å². The summed E-state index contributed by atoms with van der Waals surface area (Å²) in [5.74, 6) is -6.83. The molecule has 3 aromatic carbocycles. The first-order valence-electron chi connectivity index (χ1n) is 13.1. The number of rotatable bonds is 9. The van der Waals surface area contributed by atoms with Gasteiger partial charge < -0.3 is 14.6 Å². The van der Waals surface area contributed by atoms with Crippen molar-refractivity contribution >= 4 is 11.5 Å². The Hall–Kier alpha value is -3.72. The molecule has 0 bridgehead atoms. The van der Waals surface area contributed by atoms with E-state index in [2.05, 4.69) is 0 Å². The van der Waals surface area contributed by atoms with Gasteiger partial charge in [-0.15, -0.1) is 0 Å². The Balaban J connectivity index is 1.45. The van der Waals surface area contributed by atoms with Crippen LogP contribution in [0.15, 0.2) is 48.5 Å². The highest BCUT2D eigenvalue weighted by molar-refractivity contribution is 5.90. The number of esters is 1. The molecule has 4 nitrogen and oxygen atoms in total. The predicted octanol–water partition coefficient (Wildman–Crippen LogP) is 8.07. The van der Waals surface area contributed by atoms with Crippen LogP contribution in [0.2, 0.25) is 0 Å². The zero-order chi connectivity index (χ0) is 29.0. The van der Waals surface area contributed by atoms with Crippen molar-refractivity contribution in [3.63, 3.8) is 0 Å². The molecule has 4 rings (SSSR count). The Kier molecular flexibility index (Phi) is 9.25. The van der Waals surface area contributed by atoms with E-state index < -0.39 is 52.8 Å². The summed E-state index contributed by atoms with van der Waals surface area (Å²) >= 11 is 0. The first kappa shape index (κ1) is 29.3. The van der Waals surface area contributed by atoms with Gasteiger partial charge in [0.15, 0.2) is 23.2 Å². The SMILES string of the molecule is CCCC(O)c1ccc(C(=O)OC2CC=C(c3ccc(-c4ccc(OCC)c(F)c4F)cc3F)CC2)c(F)c1F. The third-order valence-corrected chi connectivity index (χ3v) is 6.86. The molecule has 212 valence electrons. The summed E-state index contributed by atoms with van der Waals surface area (Å²) in [7, 11) is 0. The highest BCUT2D eigenvalue weighted by Crippen LogP contribution is 2.35. The van der Waals surface area contributed by atoms with Crippen molar-refractivity contribution in [1.29, 1.82) is 0 Å². The molecular weight excluding hydrogens is 531 g/mol. The number of carbonyl (C=O) groups excluding carboxylic acids is 1. The summed E-state index contributed by atoms with van der Waals surface area (Å²) in [4.78, 5) is 12.5. The summed E-state index contributed by atoms with van der Waals surface area (Å²) in [6, 6.07) is 8.97. The van der Waals surface area contributed by atoms with Gasteiger partial charge in [-0.05, 0) is 61.6 Å². The smallest absolute Gasteiger partial charge is 0.341 e. The first-order valence-corrected chi connectivity index (χ1v) is 13.1. The second kappa shape index (κ2) is 12.6. The van der Waals surface area contributed by atoms with Crippen LogP contribution in [0.3, 0.4) is 0 Å². The van der Waals surface area contributed by atoms with Crippen LogP contribution in [0.1, 0.15) is 73.5 Å². The summed E-state index contributed by atoms with van der Waals surface area (Å²) in [6.07, 6.45) is 1.56. The Morgan fingerprint density at radius 1 is 0.950 bits per heavy atom. The van der Waals surface area contributed by atoms with Crippen molar-refractivity contribution in [2.24, 2.45) is 0 Å². The lowest BCUT2D eigenvalue weighted by molar-refractivity contribution is 0.0278. The number of aliphatic hydroxyl groups excluding tert-OH is 1. The Labute approximate surface area is 229 Å². The van der Waals surface area contributed by atoms with E-state index in [-0.39, 0.29) is 47.5 Å². The molecule has 0 amide bonds. The van der Waals surface area contributed by atoms with Crippen LogP contribution in [-0.2, 0) is 4.74 Å². The molecule has 1 N–H and O–H groups in total. The minimum Gasteiger partial charge on any atom is -0.491 e. The second-order valence-electron chi connectivity index (χ2n) is 9.53. The van der Waals surface area contributed by atoms with Crippen LogP contribution >= 0.6 is 0 Å². The lowest BCUT2D eigenvalue weighted by Crippen LogP contribution is -2.21. The van der Waals surface area contributed by atoms with Crippen molar-refractivity contribution in [3.05, 3.63) is 94.3 Å². The van der Waals surface area contributed by atoms with E-state index in [1.54, 1.807) is 19.9 Å². The molecule has 1 aliphatic rings. The number of aliphatic hydroxyl groups is 1. The average molecular weight is 561 g/mol. The fourth-order valence-electron chi connectivity index (χ4n) is 4.75. The molecule has 0 fully saturated rings. The number of allylic oxidation sites excluding steroid dienone is 1. The molecule has 3 aromatic rings. The third-order valence-electron chi connectivity index (χ3n) is 6.86. The van der Waals surface area contributed by atoms with Gasteiger partial charge in [0.1, 0.15) is 11.9 Å². The van der Waals surface area contributed by atoms with Gasteiger partial charge in [0.05, 0.1) is 18.3 Å². The van der Waals surface area contributed by atoms with E-state index in [0.717, 1.165) is 12.1 Å². The van der Waals surface area contributed by atoms with Crippen molar-refractivity contribution in [3.8, 4) is 16.9 Å². The fourth-order valence-corrected chi connectivity index (χ4v) is 4.75. The van der Waals surface area contributed by atoms with Gasteiger partial charge in [-0.1, -0.05) is 37.6 Å². The monoisotopic (exact) mass is 560 g/mol. The van der Waals surface area contributed by atoms with Crippen molar-refractivity contribution in [2.45, 2.75) is 58.2 Å². The van der Waals surface area contributed by atoms with E-state index in [1.807, 2.05) is 0 Å². The van der Waals surface area contributed by atoms with E-state index in [9.17, 15) is 27.5 Å². The molecule has 0 aliphatic heterocycles. The van der Waals surface area contributed by atoms with Gasteiger partial charge in [0, 0.05) is 23.1 Å². The van der Waals surface area contributed by atoms with Gasteiger partial charge in [-0.2, -0.15) is 4.39 Å². The van der Waals surface area contributed by atoms with Crippen LogP contribution < -0.4 is 4.74 Å². The maximum absolute atomic E-state index is 15.0. The van der Waals surface area contributed by atoms with Crippen molar-refractivity contribution in [2.75, 3.05) is 6.61 Å². The number of halogens is 5. The molecule has 1 aliphatic carbocycles. The normalized spacial score (nSPS) is 15.9. The minimum atomic E-state index is -1.38. The Bertz CT molecular complexity index is 1440. The Morgan fingerprint density at radius 3 is 2.35 bits per heavy atom. The quantitative estimate of drug-likeness (QED) is 0.212. The van der Waals surface area contributed by atoms with Crippen LogP contribution in [0.25, 0.3) is 16.7 Å². The third kappa shape index (κ3) is 6.04. The maximum Gasteiger partial charge on any atom is 0.341 e. The summed E-state index contributed by atoms with van der Waals surface area (Å²) in [5, 5.41) is 9.99. The fraction of sp³-hybridized carbons (Fsp3) is 0.323. The molecule has 2 unspecified atom stereocenters. The van der Waals surface area contributed by atoms with Gasteiger partial charge in [0.25, 0.3) is 0 Å². The lowest BCUT2D eigenvalue weighted by atomic mass is 9.90. The second-order valence-corrected chi connectivity index (χ2v) is 9.53. The van der Waals surface area contributed by atoms with Gasteiger partial charge in [0.2, 0.25) is 5.82 Å². The number of benzene rings is 3. The standard InChI is InChI=1S/C31H29F5O4/c1-3-5-25(37)22-12-13-23(29(35)28(22)34)31(38)40-19-9-6-17(7-10-19)20-11-8-18(16-24(20)32)21-14-15-26(39-4-2)30(36)27(21)33/h6,8,11-16,19,25,37H,3-5,7,9-10H2,1-2H3. The van der Waals surface area contributed by atoms with Gasteiger partial charge >= 0.3 is 5.97 Å². The molecule has 40 heavy (non-hydrogen) atoms.